The highest BCUT2D eigenvalue weighted by atomic mass is 15.2. The van der Waals surface area contributed by atoms with E-state index >= 15 is 0 Å². The average Bonchev–Trinajstić information content (AvgIpc) is 2.94. The van der Waals surface area contributed by atoms with Crippen LogP contribution in [-0.4, -0.2) is 27.0 Å². The van der Waals surface area contributed by atoms with Crippen LogP contribution in [0.3, 0.4) is 0 Å². The standard InChI is InChI=1S/C14H24N4/c1-10(2)17-7-4-6-12(17)14-16-9-13-11(15)5-3-8-18(13)14/h9-12H,3-8,15H2,1-2H3. The molecule has 3 heterocycles. The molecule has 0 bridgehead atoms. The largest absolute Gasteiger partial charge is 0.329 e. The maximum atomic E-state index is 6.18. The lowest BCUT2D eigenvalue weighted by Crippen LogP contribution is -2.32. The van der Waals surface area contributed by atoms with Crippen molar-refractivity contribution in [2.45, 2.75) is 64.2 Å². The smallest absolute Gasteiger partial charge is 0.126 e. The van der Waals surface area contributed by atoms with Gasteiger partial charge in [0.1, 0.15) is 5.82 Å². The molecular formula is C14H24N4. The van der Waals surface area contributed by atoms with Crippen LogP contribution in [0.1, 0.15) is 63.1 Å². The zero-order chi connectivity index (χ0) is 12.7. The predicted molar refractivity (Wildman–Crippen MR) is 72.2 cm³/mol. The molecular weight excluding hydrogens is 224 g/mol. The van der Waals surface area contributed by atoms with Gasteiger partial charge in [0.15, 0.2) is 0 Å². The summed E-state index contributed by atoms with van der Waals surface area (Å²) in [5, 5.41) is 0. The third-order valence-electron chi connectivity index (χ3n) is 4.45. The quantitative estimate of drug-likeness (QED) is 0.873. The highest BCUT2D eigenvalue weighted by Crippen LogP contribution is 2.35. The minimum atomic E-state index is 0.189. The van der Waals surface area contributed by atoms with E-state index in [2.05, 4.69) is 23.3 Å². The number of imidazole rings is 1. The Morgan fingerprint density at radius 3 is 2.83 bits per heavy atom. The predicted octanol–water partition coefficient (Wildman–Crippen LogP) is 2.22. The normalized spacial score (nSPS) is 28.9. The number of fused-ring (bicyclic) bond motifs is 1. The van der Waals surface area contributed by atoms with Gasteiger partial charge in [0.05, 0.1) is 17.9 Å². The van der Waals surface area contributed by atoms with Crippen molar-refractivity contribution in [3.8, 4) is 0 Å². The van der Waals surface area contributed by atoms with E-state index in [0.29, 0.717) is 12.1 Å². The number of nitrogens with two attached hydrogens (primary N) is 1. The van der Waals surface area contributed by atoms with Crippen LogP contribution in [0, 0.1) is 0 Å². The number of hydrogen-bond donors (Lipinski definition) is 1. The summed E-state index contributed by atoms with van der Waals surface area (Å²) in [6, 6.07) is 1.29. The number of aromatic nitrogens is 2. The van der Waals surface area contributed by atoms with Gasteiger partial charge >= 0.3 is 0 Å². The Bertz CT molecular complexity index is 423. The Morgan fingerprint density at radius 2 is 2.06 bits per heavy atom. The first kappa shape index (κ1) is 12.2. The minimum Gasteiger partial charge on any atom is -0.329 e. The van der Waals surface area contributed by atoms with Gasteiger partial charge in [-0.15, -0.1) is 0 Å². The molecule has 0 amide bonds. The second-order valence-electron chi connectivity index (χ2n) is 5.93. The van der Waals surface area contributed by atoms with E-state index < -0.39 is 0 Å². The lowest BCUT2D eigenvalue weighted by Gasteiger charge is -2.30. The summed E-state index contributed by atoms with van der Waals surface area (Å²) in [6.45, 7) is 6.87. The van der Waals surface area contributed by atoms with E-state index in [4.69, 9.17) is 10.7 Å². The molecule has 1 fully saturated rings. The van der Waals surface area contributed by atoms with Gasteiger partial charge in [0, 0.05) is 18.6 Å². The molecule has 1 aromatic heterocycles. The average molecular weight is 248 g/mol. The first-order chi connectivity index (χ1) is 8.68. The highest BCUT2D eigenvalue weighted by molar-refractivity contribution is 5.15. The molecule has 2 N–H and O–H groups in total. The molecule has 4 heteroatoms. The molecule has 3 rings (SSSR count). The molecule has 1 saturated heterocycles. The van der Waals surface area contributed by atoms with Gasteiger partial charge in [0.25, 0.3) is 0 Å². The Kier molecular flexibility index (Phi) is 3.16. The van der Waals surface area contributed by atoms with E-state index in [9.17, 15) is 0 Å². The van der Waals surface area contributed by atoms with Gasteiger partial charge in [-0.2, -0.15) is 0 Å². The fourth-order valence-corrected chi connectivity index (χ4v) is 3.51. The van der Waals surface area contributed by atoms with E-state index in [1.165, 1.54) is 37.3 Å². The SMILES string of the molecule is CC(C)N1CCCC1c1ncc2n1CCCC2N. The molecule has 0 aromatic carbocycles. The second-order valence-corrected chi connectivity index (χ2v) is 5.93. The highest BCUT2D eigenvalue weighted by Gasteiger charge is 2.33. The summed E-state index contributed by atoms with van der Waals surface area (Å²) in [5.74, 6) is 1.26. The van der Waals surface area contributed by atoms with Crippen molar-refractivity contribution in [2.75, 3.05) is 6.54 Å². The first-order valence-corrected chi connectivity index (χ1v) is 7.25. The molecule has 2 atom stereocenters. The Labute approximate surface area is 109 Å². The molecule has 100 valence electrons. The van der Waals surface area contributed by atoms with Crippen LogP contribution < -0.4 is 5.73 Å². The van der Waals surface area contributed by atoms with E-state index in [0.717, 1.165) is 13.0 Å². The maximum absolute atomic E-state index is 6.18. The van der Waals surface area contributed by atoms with Gasteiger partial charge in [-0.3, -0.25) is 4.90 Å². The molecule has 18 heavy (non-hydrogen) atoms. The summed E-state index contributed by atoms with van der Waals surface area (Å²) >= 11 is 0. The molecule has 4 nitrogen and oxygen atoms in total. The summed E-state index contributed by atoms with van der Waals surface area (Å²) in [5.41, 5.74) is 7.42. The molecule has 2 aliphatic rings. The van der Waals surface area contributed by atoms with E-state index in [-0.39, 0.29) is 6.04 Å². The van der Waals surface area contributed by atoms with E-state index in [1.54, 1.807) is 0 Å². The number of likely N-dealkylation sites (tertiary alicyclic amines) is 1. The van der Waals surface area contributed by atoms with Crippen LogP contribution in [0.4, 0.5) is 0 Å². The van der Waals surface area contributed by atoms with Gasteiger partial charge in [-0.05, 0) is 46.1 Å². The Balaban J connectivity index is 1.93. The van der Waals surface area contributed by atoms with Crippen molar-refractivity contribution >= 4 is 0 Å². The lowest BCUT2D eigenvalue weighted by atomic mass is 10.1. The van der Waals surface area contributed by atoms with Gasteiger partial charge < -0.3 is 10.3 Å². The monoisotopic (exact) mass is 248 g/mol. The lowest BCUT2D eigenvalue weighted by molar-refractivity contribution is 0.193. The third kappa shape index (κ3) is 1.88. The molecule has 0 aliphatic carbocycles. The van der Waals surface area contributed by atoms with Crippen molar-refractivity contribution in [1.29, 1.82) is 0 Å². The van der Waals surface area contributed by atoms with Crippen molar-refractivity contribution in [1.82, 2.24) is 14.5 Å². The molecule has 0 spiro atoms. The summed E-state index contributed by atoms with van der Waals surface area (Å²) < 4.78 is 2.39. The maximum Gasteiger partial charge on any atom is 0.126 e. The Hall–Kier alpha value is -0.870. The van der Waals surface area contributed by atoms with E-state index in [1.807, 2.05) is 6.20 Å². The van der Waals surface area contributed by atoms with Crippen LogP contribution in [0.15, 0.2) is 6.20 Å². The van der Waals surface area contributed by atoms with Crippen molar-refractivity contribution in [3.05, 3.63) is 17.7 Å². The topological polar surface area (TPSA) is 47.1 Å². The van der Waals surface area contributed by atoms with Gasteiger partial charge in [-0.25, -0.2) is 4.98 Å². The zero-order valence-electron chi connectivity index (χ0n) is 11.5. The minimum absolute atomic E-state index is 0.189. The van der Waals surface area contributed by atoms with Crippen molar-refractivity contribution < 1.29 is 0 Å². The zero-order valence-corrected chi connectivity index (χ0v) is 11.5. The van der Waals surface area contributed by atoms with Crippen LogP contribution in [0.2, 0.25) is 0 Å². The molecule has 1 aromatic rings. The van der Waals surface area contributed by atoms with Crippen molar-refractivity contribution in [3.63, 3.8) is 0 Å². The van der Waals surface area contributed by atoms with Crippen LogP contribution in [-0.2, 0) is 6.54 Å². The molecule has 0 saturated carbocycles. The Morgan fingerprint density at radius 1 is 1.28 bits per heavy atom. The molecule has 2 unspecified atom stereocenters. The summed E-state index contributed by atoms with van der Waals surface area (Å²) in [4.78, 5) is 7.28. The van der Waals surface area contributed by atoms with Crippen LogP contribution in [0.5, 0.6) is 0 Å². The number of rotatable bonds is 2. The third-order valence-corrected chi connectivity index (χ3v) is 4.45. The summed E-state index contributed by atoms with van der Waals surface area (Å²) in [6.07, 6.45) is 6.83. The fourth-order valence-electron chi connectivity index (χ4n) is 3.51. The first-order valence-electron chi connectivity index (χ1n) is 7.25. The summed E-state index contributed by atoms with van der Waals surface area (Å²) in [7, 11) is 0. The van der Waals surface area contributed by atoms with Crippen molar-refractivity contribution in [2.24, 2.45) is 5.73 Å². The van der Waals surface area contributed by atoms with Crippen LogP contribution >= 0.6 is 0 Å². The molecule has 0 radical (unpaired) electrons. The van der Waals surface area contributed by atoms with Gasteiger partial charge in [-0.1, -0.05) is 0 Å². The molecule has 2 aliphatic heterocycles. The van der Waals surface area contributed by atoms with Crippen LogP contribution in [0.25, 0.3) is 0 Å². The fraction of sp³-hybridized carbons (Fsp3) is 0.786. The second kappa shape index (κ2) is 4.67. The van der Waals surface area contributed by atoms with Gasteiger partial charge in [0.2, 0.25) is 0 Å². The number of hydrogen-bond acceptors (Lipinski definition) is 3. The number of nitrogens with zero attached hydrogens (tertiary/aromatic N) is 3.